The van der Waals surface area contributed by atoms with Crippen molar-refractivity contribution in [3.8, 4) is 11.6 Å². The Morgan fingerprint density at radius 3 is 2.09 bits per heavy atom. The maximum Gasteiger partial charge on any atom is 0.267 e. The largest absolute Gasteiger partial charge is 0.453 e. The number of aryl methyl sites for hydroxylation is 1. The van der Waals surface area contributed by atoms with Crippen molar-refractivity contribution in [1.82, 2.24) is 14.5 Å². The molecule has 1 aliphatic carbocycles. The van der Waals surface area contributed by atoms with Crippen LogP contribution in [-0.2, 0) is 7.05 Å². The summed E-state index contributed by atoms with van der Waals surface area (Å²) in [5.74, 6) is 0.662. The number of ketones is 2. The second-order valence-electron chi connectivity index (χ2n) is 8.28. The molecular weight excluding hydrogens is 430 g/mol. The van der Waals surface area contributed by atoms with E-state index >= 15 is 0 Å². The van der Waals surface area contributed by atoms with Gasteiger partial charge in [-0.05, 0) is 35.0 Å². The van der Waals surface area contributed by atoms with Crippen LogP contribution in [0, 0.1) is 0 Å². The number of rotatable bonds is 2. The summed E-state index contributed by atoms with van der Waals surface area (Å²) >= 11 is 0. The van der Waals surface area contributed by atoms with E-state index < -0.39 is 0 Å². The highest BCUT2D eigenvalue weighted by Crippen LogP contribution is 2.33. The van der Waals surface area contributed by atoms with Crippen molar-refractivity contribution in [2.45, 2.75) is 0 Å². The van der Waals surface area contributed by atoms with E-state index in [9.17, 15) is 9.59 Å². The number of para-hydroxylation sites is 1. The van der Waals surface area contributed by atoms with Gasteiger partial charge in [-0.2, -0.15) is 9.97 Å². The first kappa shape index (κ1) is 18.8. The lowest BCUT2D eigenvalue weighted by molar-refractivity contribution is 0.0990. The third kappa shape index (κ3) is 2.58. The van der Waals surface area contributed by atoms with Crippen LogP contribution >= 0.6 is 0 Å². The Labute approximate surface area is 191 Å². The fraction of sp³-hybridized carbons (Fsp3) is 0.0370. The predicted molar refractivity (Wildman–Crippen MR) is 127 cm³/mol. The molecule has 6 aromatic rings. The van der Waals surface area contributed by atoms with Crippen molar-refractivity contribution < 1.29 is 18.4 Å². The Kier molecular flexibility index (Phi) is 3.65. The lowest BCUT2D eigenvalue weighted by atomic mass is 10.0. The molecule has 0 N–H and O–H groups in total. The Balaban J connectivity index is 1.29. The number of carbonyl (C=O) groups excluding carboxylic acids is 2. The quantitative estimate of drug-likeness (QED) is 0.255. The van der Waals surface area contributed by atoms with Gasteiger partial charge in [-0.25, -0.2) is 0 Å². The van der Waals surface area contributed by atoms with E-state index in [4.69, 9.17) is 8.83 Å². The standard InChI is InChI=1S/C27H15N3O4/c1-30-25(21-12-16-8-4-5-9-20(16)33-21)29-27-26(30)28-22(34-27)13-19-23(31)17-10-14-6-2-3-7-15(14)11-18(17)24(19)32/h2-13H,1H3. The van der Waals surface area contributed by atoms with E-state index in [1.165, 1.54) is 6.08 Å². The molecule has 162 valence electrons. The van der Waals surface area contributed by atoms with Gasteiger partial charge >= 0.3 is 0 Å². The summed E-state index contributed by atoms with van der Waals surface area (Å²) in [5, 5.41) is 2.79. The summed E-state index contributed by atoms with van der Waals surface area (Å²) < 4.78 is 13.5. The molecule has 3 heterocycles. The van der Waals surface area contributed by atoms with Crippen LogP contribution in [0.5, 0.6) is 0 Å². The molecule has 0 spiro atoms. The fourth-order valence-electron chi connectivity index (χ4n) is 4.52. The first-order valence-electron chi connectivity index (χ1n) is 10.7. The van der Waals surface area contributed by atoms with Crippen LogP contribution in [0.25, 0.3) is 50.8 Å². The van der Waals surface area contributed by atoms with Crippen molar-refractivity contribution in [2.24, 2.45) is 7.05 Å². The molecule has 0 bridgehead atoms. The number of aromatic nitrogens is 3. The van der Waals surface area contributed by atoms with Gasteiger partial charge in [0.2, 0.25) is 11.5 Å². The van der Waals surface area contributed by atoms with Crippen LogP contribution in [0.3, 0.4) is 0 Å². The van der Waals surface area contributed by atoms with E-state index in [1.54, 1.807) is 16.7 Å². The summed E-state index contributed by atoms with van der Waals surface area (Å²) in [7, 11) is 1.81. The number of hydrogen-bond donors (Lipinski definition) is 0. The van der Waals surface area contributed by atoms with Gasteiger partial charge in [0.1, 0.15) is 5.58 Å². The molecule has 0 saturated heterocycles. The minimum absolute atomic E-state index is 0.0365. The number of allylic oxidation sites excluding steroid dienone is 1. The summed E-state index contributed by atoms with van der Waals surface area (Å²) in [5.41, 5.74) is 2.39. The molecule has 0 unspecified atom stereocenters. The molecule has 1 aliphatic rings. The van der Waals surface area contributed by atoms with Crippen LogP contribution in [0.15, 0.2) is 81.1 Å². The summed E-state index contributed by atoms with van der Waals surface area (Å²) in [4.78, 5) is 35.0. The highest BCUT2D eigenvalue weighted by molar-refractivity contribution is 6.42. The van der Waals surface area contributed by atoms with Gasteiger partial charge in [-0.1, -0.05) is 42.5 Å². The highest BCUT2D eigenvalue weighted by atomic mass is 16.4. The van der Waals surface area contributed by atoms with Gasteiger partial charge in [-0.3, -0.25) is 9.59 Å². The van der Waals surface area contributed by atoms with Gasteiger partial charge in [0.25, 0.3) is 5.71 Å². The zero-order chi connectivity index (χ0) is 23.0. The van der Waals surface area contributed by atoms with Crippen molar-refractivity contribution in [2.75, 3.05) is 0 Å². The lowest BCUT2D eigenvalue weighted by Gasteiger charge is -2.00. The third-order valence-corrected chi connectivity index (χ3v) is 6.23. The molecule has 7 rings (SSSR count). The molecule has 3 aromatic carbocycles. The first-order valence-corrected chi connectivity index (χ1v) is 10.7. The van der Waals surface area contributed by atoms with Crippen molar-refractivity contribution in [3.05, 3.63) is 89.3 Å². The predicted octanol–water partition coefficient (Wildman–Crippen LogP) is 5.59. The molecule has 0 saturated carbocycles. The number of benzene rings is 3. The van der Waals surface area contributed by atoms with Gasteiger partial charge in [0, 0.05) is 29.6 Å². The molecule has 0 amide bonds. The number of carbonyl (C=O) groups is 2. The monoisotopic (exact) mass is 445 g/mol. The van der Waals surface area contributed by atoms with E-state index in [0.29, 0.717) is 34.1 Å². The zero-order valence-electron chi connectivity index (χ0n) is 17.9. The van der Waals surface area contributed by atoms with Gasteiger partial charge in [0.05, 0.1) is 5.57 Å². The fourth-order valence-corrected chi connectivity index (χ4v) is 4.52. The second kappa shape index (κ2) is 6.62. The van der Waals surface area contributed by atoms with Gasteiger partial charge < -0.3 is 13.4 Å². The normalized spacial score (nSPS) is 13.5. The average Bonchev–Trinajstić information content (AvgIpc) is 3.58. The Morgan fingerprint density at radius 2 is 1.44 bits per heavy atom. The van der Waals surface area contributed by atoms with E-state index in [1.807, 2.05) is 61.6 Å². The molecular formula is C27H15N3O4. The zero-order valence-corrected chi connectivity index (χ0v) is 17.9. The van der Waals surface area contributed by atoms with E-state index in [0.717, 1.165) is 21.7 Å². The van der Waals surface area contributed by atoms with Crippen LogP contribution in [-0.4, -0.2) is 26.1 Å². The second-order valence-corrected chi connectivity index (χ2v) is 8.28. The van der Waals surface area contributed by atoms with E-state index in [2.05, 4.69) is 9.97 Å². The third-order valence-electron chi connectivity index (χ3n) is 6.23. The van der Waals surface area contributed by atoms with Crippen LogP contribution in [0.1, 0.15) is 26.6 Å². The number of furan rings is 1. The van der Waals surface area contributed by atoms with Gasteiger partial charge in [0.15, 0.2) is 23.2 Å². The molecule has 7 nitrogen and oxygen atoms in total. The van der Waals surface area contributed by atoms with Crippen molar-refractivity contribution in [1.29, 1.82) is 0 Å². The lowest BCUT2D eigenvalue weighted by Crippen LogP contribution is -2.00. The molecule has 0 fully saturated rings. The molecule has 3 aromatic heterocycles. The van der Waals surface area contributed by atoms with Crippen LogP contribution < -0.4 is 0 Å². The SMILES string of the molecule is Cn1c(-c2cc3ccccc3o2)nc2oc(C=C3C(=O)c4cc5ccccc5cc4C3=O)nc21. The first-order chi connectivity index (χ1) is 16.6. The average molecular weight is 445 g/mol. The molecule has 0 radical (unpaired) electrons. The minimum Gasteiger partial charge on any atom is -0.453 e. The number of Topliss-reactive ketones (excluding diaryl/α,β-unsaturated/α-hetero) is 2. The molecule has 34 heavy (non-hydrogen) atoms. The number of hydrogen-bond acceptors (Lipinski definition) is 6. The maximum absolute atomic E-state index is 13.0. The highest BCUT2D eigenvalue weighted by Gasteiger charge is 2.34. The topological polar surface area (TPSA) is 91.1 Å². The van der Waals surface area contributed by atoms with Crippen molar-refractivity contribution in [3.63, 3.8) is 0 Å². The smallest absolute Gasteiger partial charge is 0.267 e. The number of nitrogens with zero attached hydrogens (tertiary/aromatic N) is 3. The molecule has 0 atom stereocenters. The molecule has 7 heteroatoms. The number of oxazole rings is 1. The maximum atomic E-state index is 13.0. The summed E-state index contributed by atoms with van der Waals surface area (Å²) in [6.45, 7) is 0. The Bertz CT molecular complexity index is 1780. The number of fused-ring (bicyclic) bond motifs is 4. The van der Waals surface area contributed by atoms with Crippen LogP contribution in [0.4, 0.5) is 0 Å². The van der Waals surface area contributed by atoms with Gasteiger partial charge in [-0.15, -0.1) is 0 Å². The summed E-state index contributed by atoms with van der Waals surface area (Å²) in [6, 6.07) is 20.8. The summed E-state index contributed by atoms with van der Waals surface area (Å²) in [6.07, 6.45) is 1.40. The Morgan fingerprint density at radius 1 is 0.794 bits per heavy atom. The minimum atomic E-state index is -0.330. The Hall–Kier alpha value is -4.78. The molecule has 0 aliphatic heterocycles. The number of imidazole rings is 1. The van der Waals surface area contributed by atoms with Crippen molar-refractivity contribution >= 4 is 50.7 Å². The van der Waals surface area contributed by atoms with Crippen LogP contribution in [0.2, 0.25) is 0 Å². The van der Waals surface area contributed by atoms with E-state index in [-0.39, 0.29) is 23.0 Å².